The fourth-order valence-corrected chi connectivity index (χ4v) is 5.35. The molecule has 2 aromatic rings. The lowest BCUT2D eigenvalue weighted by molar-refractivity contribution is 0.0663. The molecule has 1 fully saturated rings. The largest absolute Gasteiger partial charge is 0.315 e. The maximum absolute atomic E-state index is 13.6. The molecule has 1 saturated carbocycles. The van der Waals surface area contributed by atoms with Crippen LogP contribution in [0.4, 0.5) is 13.2 Å². The molecule has 3 aliphatic rings. The zero-order valence-electron chi connectivity index (χ0n) is 19.3. The summed E-state index contributed by atoms with van der Waals surface area (Å²) in [5.41, 5.74) is 4.57. The second-order valence-corrected chi connectivity index (χ2v) is 9.64. The number of carbonyl (C=O) groups is 1. The summed E-state index contributed by atoms with van der Waals surface area (Å²) in [6.07, 6.45) is 0.0909. The fraction of sp³-hybridized carbons (Fsp3) is 0.520. The van der Waals surface area contributed by atoms with Crippen LogP contribution in [-0.2, 0) is 19.5 Å². The molecule has 0 radical (unpaired) electrons. The van der Waals surface area contributed by atoms with Gasteiger partial charge >= 0.3 is 0 Å². The predicted octanol–water partition coefficient (Wildman–Crippen LogP) is 3.19. The molecule has 9 heteroatoms. The van der Waals surface area contributed by atoms with Crippen molar-refractivity contribution < 1.29 is 18.0 Å². The van der Waals surface area contributed by atoms with E-state index in [0.29, 0.717) is 55.3 Å². The minimum absolute atomic E-state index is 0.0938. The number of aryl methyl sites for hydroxylation is 1. The van der Waals surface area contributed by atoms with Crippen LogP contribution >= 0.6 is 0 Å². The van der Waals surface area contributed by atoms with E-state index in [-0.39, 0.29) is 17.9 Å². The second-order valence-electron chi connectivity index (χ2n) is 9.64. The zero-order chi connectivity index (χ0) is 24.0. The van der Waals surface area contributed by atoms with E-state index in [4.69, 9.17) is 5.41 Å². The Morgan fingerprint density at radius 2 is 2.03 bits per heavy atom. The average molecular weight is 474 g/mol. The third-order valence-corrected chi connectivity index (χ3v) is 7.10. The summed E-state index contributed by atoms with van der Waals surface area (Å²) in [6, 6.07) is 7.04. The van der Waals surface area contributed by atoms with Crippen LogP contribution in [0.5, 0.6) is 0 Å². The van der Waals surface area contributed by atoms with Gasteiger partial charge in [0.05, 0.1) is 6.54 Å². The van der Waals surface area contributed by atoms with E-state index in [0.717, 1.165) is 36.1 Å². The lowest BCUT2D eigenvalue weighted by atomic mass is 9.97. The van der Waals surface area contributed by atoms with Gasteiger partial charge in [-0.05, 0) is 66.5 Å². The molecule has 2 N–H and O–H groups in total. The summed E-state index contributed by atoms with van der Waals surface area (Å²) < 4.78 is 40.5. The molecule has 1 amide bonds. The summed E-state index contributed by atoms with van der Waals surface area (Å²) in [5.74, 6) is 0.00910. The van der Waals surface area contributed by atoms with Crippen molar-refractivity contribution in [3.8, 4) is 0 Å². The van der Waals surface area contributed by atoms with Gasteiger partial charge in [0, 0.05) is 32.7 Å². The first-order valence-corrected chi connectivity index (χ1v) is 11.9. The average Bonchev–Trinajstić information content (AvgIpc) is 3.58. The number of alkyl halides is 2. The van der Waals surface area contributed by atoms with Gasteiger partial charge < -0.3 is 14.8 Å². The Morgan fingerprint density at radius 3 is 2.74 bits per heavy atom. The van der Waals surface area contributed by atoms with Crippen molar-refractivity contribution >= 4 is 5.91 Å². The van der Waals surface area contributed by atoms with Gasteiger partial charge in [-0.2, -0.15) is 0 Å². The number of nitrogens with zero attached hydrogens (tertiary/aromatic N) is 3. The number of hydrogen-bond acceptors (Lipinski definition) is 4. The van der Waals surface area contributed by atoms with E-state index < -0.39 is 13.0 Å². The molecule has 34 heavy (non-hydrogen) atoms. The van der Waals surface area contributed by atoms with Crippen LogP contribution in [0.2, 0.25) is 0 Å². The summed E-state index contributed by atoms with van der Waals surface area (Å²) in [5, 5.41) is 11.5. The molecule has 5 rings (SSSR count). The van der Waals surface area contributed by atoms with Crippen LogP contribution < -0.4 is 10.8 Å². The first kappa shape index (κ1) is 23.1. The van der Waals surface area contributed by atoms with Crippen molar-refractivity contribution in [2.75, 3.05) is 26.2 Å². The van der Waals surface area contributed by atoms with Crippen LogP contribution in [0.1, 0.15) is 51.7 Å². The third kappa shape index (κ3) is 4.38. The zero-order valence-corrected chi connectivity index (χ0v) is 19.3. The molecule has 1 aliphatic carbocycles. The fourth-order valence-electron chi connectivity index (χ4n) is 5.35. The van der Waals surface area contributed by atoms with Gasteiger partial charge in [0.15, 0.2) is 0 Å². The van der Waals surface area contributed by atoms with Gasteiger partial charge in [-0.15, -0.1) is 0 Å². The van der Waals surface area contributed by atoms with Gasteiger partial charge in [-0.25, -0.2) is 13.2 Å². The molecule has 1 aromatic carbocycles. The molecule has 2 aliphatic heterocycles. The highest BCUT2D eigenvalue weighted by atomic mass is 19.3. The lowest BCUT2D eigenvalue weighted by Gasteiger charge is -2.30. The Hall–Kier alpha value is -2.65. The van der Waals surface area contributed by atoms with E-state index in [9.17, 15) is 18.0 Å². The molecular formula is C25H30F3N5O. The van der Waals surface area contributed by atoms with E-state index >= 15 is 0 Å². The number of halogens is 3. The second kappa shape index (κ2) is 9.19. The molecule has 1 aromatic heterocycles. The standard InChI is InChI=1S/C25H30F3N5O/c1-15-10-16(2-5-20(15)26)13-31-8-6-19-18(14-31)11-22(29)33-23(19)25(34)32(24(33)17-3-4-17)9-7-30-12-21(27)28/h2,5,10-11,17,21,24,29-30H,3-4,6-9,12-14H2,1H3. The van der Waals surface area contributed by atoms with Crippen molar-refractivity contribution in [1.29, 1.82) is 5.41 Å². The Balaban J connectivity index is 1.38. The van der Waals surface area contributed by atoms with Crippen LogP contribution in [0.15, 0.2) is 24.3 Å². The Morgan fingerprint density at radius 1 is 1.24 bits per heavy atom. The van der Waals surface area contributed by atoms with Gasteiger partial charge in [0.1, 0.15) is 23.2 Å². The van der Waals surface area contributed by atoms with E-state index in [2.05, 4.69) is 10.2 Å². The number of amides is 1. The predicted molar refractivity (Wildman–Crippen MR) is 121 cm³/mol. The molecule has 1 unspecified atom stereocenters. The van der Waals surface area contributed by atoms with Crippen LogP contribution in [0, 0.1) is 24.1 Å². The first-order valence-electron chi connectivity index (χ1n) is 11.9. The molecule has 0 spiro atoms. The van der Waals surface area contributed by atoms with Crippen molar-refractivity contribution in [2.45, 2.75) is 51.9 Å². The SMILES string of the molecule is Cc1cc(CN2CCc3c(cc(=N)n4c3C(=O)N(CCNCC(F)F)C4C3CC3)C2)ccc1F. The van der Waals surface area contributed by atoms with Crippen molar-refractivity contribution in [2.24, 2.45) is 5.92 Å². The number of hydrogen-bond donors (Lipinski definition) is 2. The van der Waals surface area contributed by atoms with Crippen molar-refractivity contribution in [1.82, 2.24) is 19.7 Å². The Labute approximate surface area is 196 Å². The minimum Gasteiger partial charge on any atom is -0.315 e. The maximum atomic E-state index is 13.6. The number of fused-ring (bicyclic) bond motifs is 3. The number of carbonyl (C=O) groups excluding carboxylic acids is 1. The molecule has 182 valence electrons. The van der Waals surface area contributed by atoms with Crippen molar-refractivity contribution in [3.63, 3.8) is 0 Å². The molecule has 3 heterocycles. The highest BCUT2D eigenvalue weighted by Crippen LogP contribution is 2.45. The Bertz CT molecular complexity index is 1160. The van der Waals surface area contributed by atoms with Gasteiger partial charge in [-0.3, -0.25) is 15.1 Å². The third-order valence-electron chi connectivity index (χ3n) is 7.10. The van der Waals surface area contributed by atoms with E-state index in [1.165, 1.54) is 6.07 Å². The smallest absolute Gasteiger partial charge is 0.272 e. The Kier molecular flexibility index (Phi) is 6.24. The number of pyridine rings is 1. The molecule has 1 atom stereocenters. The van der Waals surface area contributed by atoms with Gasteiger partial charge in [0.25, 0.3) is 12.3 Å². The monoisotopic (exact) mass is 473 g/mol. The summed E-state index contributed by atoms with van der Waals surface area (Å²) >= 11 is 0. The molecular weight excluding hydrogens is 443 g/mol. The van der Waals surface area contributed by atoms with Crippen LogP contribution in [0.3, 0.4) is 0 Å². The van der Waals surface area contributed by atoms with Gasteiger partial charge in [0.2, 0.25) is 0 Å². The van der Waals surface area contributed by atoms with Crippen LogP contribution in [-0.4, -0.2) is 52.9 Å². The number of aromatic nitrogens is 1. The summed E-state index contributed by atoms with van der Waals surface area (Å²) in [4.78, 5) is 17.6. The summed E-state index contributed by atoms with van der Waals surface area (Å²) in [6.45, 7) is 4.09. The minimum atomic E-state index is -2.42. The van der Waals surface area contributed by atoms with Crippen LogP contribution in [0.25, 0.3) is 0 Å². The quantitative estimate of drug-likeness (QED) is 0.579. The molecule has 0 saturated heterocycles. The topological polar surface area (TPSA) is 64.4 Å². The highest BCUT2D eigenvalue weighted by Gasteiger charge is 2.46. The first-order chi connectivity index (χ1) is 16.3. The lowest BCUT2D eigenvalue weighted by Crippen LogP contribution is -2.39. The van der Waals surface area contributed by atoms with Crippen molar-refractivity contribution in [3.05, 3.63) is 63.5 Å². The van der Waals surface area contributed by atoms with Gasteiger partial charge in [-0.1, -0.05) is 12.1 Å². The number of rotatable bonds is 8. The molecule has 0 bridgehead atoms. The van der Waals surface area contributed by atoms with E-state index in [1.807, 2.05) is 16.7 Å². The van der Waals surface area contributed by atoms with E-state index in [1.54, 1.807) is 17.9 Å². The normalized spacial score (nSPS) is 20.2. The maximum Gasteiger partial charge on any atom is 0.272 e. The number of nitrogens with one attached hydrogen (secondary N) is 2. The number of benzene rings is 1. The highest BCUT2D eigenvalue weighted by molar-refractivity contribution is 5.96. The summed E-state index contributed by atoms with van der Waals surface area (Å²) in [7, 11) is 0. The molecule has 6 nitrogen and oxygen atoms in total.